The third-order valence-electron chi connectivity index (χ3n) is 8.99. The minimum Gasteiger partial charge on any atom is -0.481 e. The Kier molecular flexibility index (Phi) is 10.9. The molecule has 11 nitrogen and oxygen atoms in total. The average molecular weight is 725 g/mol. The van der Waals surface area contributed by atoms with Crippen molar-refractivity contribution in [1.29, 1.82) is 0 Å². The van der Waals surface area contributed by atoms with E-state index in [-0.39, 0.29) is 35.6 Å². The lowest BCUT2D eigenvalue weighted by molar-refractivity contribution is -0.144. The van der Waals surface area contributed by atoms with Gasteiger partial charge >= 0.3 is 24.4 Å². The van der Waals surface area contributed by atoms with Gasteiger partial charge in [-0.15, -0.1) is 0 Å². The Morgan fingerprint density at radius 1 is 1.00 bits per heavy atom. The Bertz CT molecular complexity index is 1680. The molecule has 51 heavy (non-hydrogen) atoms. The van der Waals surface area contributed by atoms with Gasteiger partial charge in [0, 0.05) is 31.7 Å². The number of fused-ring (bicyclic) bond motifs is 1. The zero-order chi connectivity index (χ0) is 37.2. The van der Waals surface area contributed by atoms with Gasteiger partial charge in [0.05, 0.1) is 65.8 Å². The molecule has 3 aromatic rings. The lowest BCUT2D eigenvalue weighted by atomic mass is 9.92. The summed E-state index contributed by atoms with van der Waals surface area (Å²) in [6.07, 6.45) is -6.91. The second-order valence-electron chi connectivity index (χ2n) is 12.8. The normalized spacial score (nSPS) is 18.4. The second-order valence-corrected chi connectivity index (χ2v) is 12.8. The summed E-state index contributed by atoms with van der Waals surface area (Å²) in [5.41, 5.74) is -2.09. The van der Waals surface area contributed by atoms with E-state index in [1.54, 1.807) is 19.9 Å². The highest BCUT2D eigenvalue weighted by Crippen LogP contribution is 2.44. The van der Waals surface area contributed by atoms with E-state index >= 15 is 0 Å². The summed E-state index contributed by atoms with van der Waals surface area (Å²) in [6, 6.07) is 3.16. The van der Waals surface area contributed by atoms with Crippen LogP contribution in [0.2, 0.25) is 0 Å². The number of pyridine rings is 1. The number of methoxy groups -OCH3 is 1. The number of ether oxygens (including phenoxy) is 2. The molecule has 0 bridgehead atoms. The summed E-state index contributed by atoms with van der Waals surface area (Å²) in [5, 5.41) is 9.37. The molecule has 17 heteroatoms. The fraction of sp³-hybridized carbons (Fsp3) is 0.500. The quantitative estimate of drug-likeness (QED) is 0.222. The van der Waals surface area contributed by atoms with E-state index in [1.165, 1.54) is 35.4 Å². The van der Waals surface area contributed by atoms with Gasteiger partial charge in [-0.2, -0.15) is 26.3 Å². The van der Waals surface area contributed by atoms with Crippen molar-refractivity contribution in [1.82, 2.24) is 15.0 Å². The third-order valence-corrected chi connectivity index (χ3v) is 8.99. The van der Waals surface area contributed by atoms with Crippen LogP contribution in [0.15, 0.2) is 42.7 Å². The molecular formula is C34H38F6N6O5. The number of carbonyl (C=O) groups is 2. The largest absolute Gasteiger partial charge is 0.481 e. The minimum atomic E-state index is -5.07. The van der Waals surface area contributed by atoms with Crippen molar-refractivity contribution < 1.29 is 50.5 Å². The molecule has 5 rings (SSSR count). The van der Waals surface area contributed by atoms with E-state index in [0.717, 1.165) is 0 Å². The molecule has 1 saturated heterocycles. The van der Waals surface area contributed by atoms with Crippen LogP contribution in [0, 0.1) is 5.92 Å². The summed E-state index contributed by atoms with van der Waals surface area (Å²) in [7, 11) is 1.38. The molecule has 2 aromatic heterocycles. The van der Waals surface area contributed by atoms with Crippen LogP contribution in [0.25, 0.3) is 0 Å². The van der Waals surface area contributed by atoms with Gasteiger partial charge in [-0.3, -0.25) is 9.69 Å². The fourth-order valence-electron chi connectivity index (χ4n) is 6.45. The molecular weight excluding hydrogens is 686 g/mol. The number of halogens is 6. The van der Waals surface area contributed by atoms with Gasteiger partial charge in [-0.25, -0.2) is 19.7 Å². The van der Waals surface area contributed by atoms with Gasteiger partial charge in [0.1, 0.15) is 0 Å². The molecule has 1 N–H and O–H groups in total. The van der Waals surface area contributed by atoms with E-state index in [0.29, 0.717) is 55.9 Å². The molecule has 276 valence electrons. The molecule has 0 aliphatic carbocycles. The smallest absolute Gasteiger partial charge is 0.416 e. The number of carbonyl (C=O) groups excluding carboxylic acids is 1. The molecule has 4 heterocycles. The number of benzene rings is 1. The lowest BCUT2D eigenvalue weighted by Crippen LogP contribution is -2.48. The number of alkyl halides is 6. The molecule has 0 spiro atoms. The van der Waals surface area contributed by atoms with Gasteiger partial charge in [-0.05, 0) is 69.4 Å². The second kappa shape index (κ2) is 14.8. The van der Waals surface area contributed by atoms with E-state index in [9.17, 15) is 41.0 Å². The Morgan fingerprint density at radius 2 is 1.61 bits per heavy atom. The standard InChI is InChI=1S/C34H38F6N6O5/c1-5-24-15-27(29-26(6-7-28(43-29)50-4)46(24)32(49)51-19(2)3)45(18-20-12-22(33(35,36)37)14-23(13-20)34(38,39)40)31-41-16-25(17-42-31)44-10-8-21(9-11-44)30(47)48/h6-7,12-14,16-17,19,21,24,27H,5,8-11,15,18H2,1-4H3,(H,47,48)/t24-,27?/m1/s1. The first-order chi connectivity index (χ1) is 24.0. The van der Waals surface area contributed by atoms with Crippen molar-refractivity contribution in [2.75, 3.05) is 34.9 Å². The SMILES string of the molecule is CC[C@@H]1CC(N(Cc2cc(C(F)(F)F)cc(C(F)(F)F)c2)c2ncc(N3CCC(C(=O)O)CC3)cn2)c2nc(OC)ccc2N1C(=O)OC(C)C. The number of amides is 1. The molecule has 1 fully saturated rings. The van der Waals surface area contributed by atoms with E-state index < -0.39 is 66.2 Å². The maximum atomic E-state index is 13.9. The first-order valence-electron chi connectivity index (χ1n) is 16.4. The topological polar surface area (TPSA) is 121 Å². The molecule has 1 unspecified atom stereocenters. The van der Waals surface area contributed by atoms with E-state index in [2.05, 4.69) is 15.0 Å². The molecule has 0 radical (unpaired) electrons. The summed E-state index contributed by atoms with van der Waals surface area (Å²) >= 11 is 0. The number of rotatable bonds is 9. The number of aliphatic carboxylic acids is 1. The Balaban J connectivity index is 1.63. The first-order valence-corrected chi connectivity index (χ1v) is 16.4. The average Bonchev–Trinajstić information content (AvgIpc) is 3.08. The van der Waals surface area contributed by atoms with E-state index in [4.69, 9.17) is 9.47 Å². The number of piperidine rings is 1. The molecule has 2 aliphatic rings. The summed E-state index contributed by atoms with van der Waals surface area (Å²) < 4.78 is 94.4. The predicted octanol–water partition coefficient (Wildman–Crippen LogP) is 7.50. The number of carboxylic acids is 1. The van der Waals surface area contributed by atoms with Gasteiger partial charge in [0.15, 0.2) is 0 Å². The number of hydrogen-bond donors (Lipinski definition) is 1. The van der Waals surface area contributed by atoms with Crippen molar-refractivity contribution in [3.8, 4) is 5.88 Å². The minimum absolute atomic E-state index is 0.0150. The number of carboxylic acid groups (broad SMARTS) is 1. The zero-order valence-corrected chi connectivity index (χ0v) is 28.3. The molecule has 2 atom stereocenters. The highest BCUT2D eigenvalue weighted by molar-refractivity contribution is 5.90. The summed E-state index contributed by atoms with van der Waals surface area (Å²) in [4.78, 5) is 43.4. The number of hydrogen-bond acceptors (Lipinski definition) is 9. The number of anilines is 3. The van der Waals surface area contributed by atoms with Crippen LogP contribution >= 0.6 is 0 Å². The number of nitrogens with zero attached hydrogens (tertiary/aromatic N) is 6. The summed E-state index contributed by atoms with van der Waals surface area (Å²) in [5.74, 6) is -1.21. The molecule has 2 aliphatic heterocycles. The van der Waals surface area contributed by atoms with E-state index in [1.807, 2.05) is 11.8 Å². The van der Waals surface area contributed by atoms with Crippen LogP contribution in [0.4, 0.5) is 48.5 Å². The highest BCUT2D eigenvalue weighted by atomic mass is 19.4. The van der Waals surface area contributed by atoms with Gasteiger partial charge in [0.2, 0.25) is 11.8 Å². The van der Waals surface area contributed by atoms with Crippen molar-refractivity contribution in [2.24, 2.45) is 5.92 Å². The zero-order valence-electron chi connectivity index (χ0n) is 28.3. The van der Waals surface area contributed by atoms with Crippen LogP contribution < -0.4 is 19.4 Å². The predicted molar refractivity (Wildman–Crippen MR) is 174 cm³/mol. The first kappa shape index (κ1) is 37.4. The van der Waals surface area contributed by atoms with Crippen molar-refractivity contribution in [2.45, 2.75) is 83.5 Å². The van der Waals surface area contributed by atoms with Crippen LogP contribution in [-0.2, 0) is 28.4 Å². The van der Waals surface area contributed by atoms with Crippen molar-refractivity contribution >= 4 is 29.4 Å². The Morgan fingerprint density at radius 3 is 2.12 bits per heavy atom. The third kappa shape index (κ3) is 8.39. The van der Waals surface area contributed by atoms with Gasteiger partial charge in [0.25, 0.3) is 0 Å². The maximum Gasteiger partial charge on any atom is 0.416 e. The van der Waals surface area contributed by atoms with Gasteiger partial charge < -0.3 is 24.4 Å². The van der Waals surface area contributed by atoms with Crippen molar-refractivity contribution in [3.63, 3.8) is 0 Å². The maximum absolute atomic E-state index is 13.9. The monoisotopic (exact) mass is 724 g/mol. The number of aromatic nitrogens is 3. The van der Waals surface area contributed by atoms with Crippen LogP contribution in [0.5, 0.6) is 5.88 Å². The highest BCUT2D eigenvalue weighted by Gasteiger charge is 2.42. The molecule has 1 aromatic carbocycles. The van der Waals surface area contributed by atoms with Crippen molar-refractivity contribution in [3.05, 3.63) is 65.1 Å². The Hall–Kier alpha value is -4.83. The molecule has 1 amide bonds. The lowest BCUT2D eigenvalue weighted by Gasteiger charge is -2.43. The summed E-state index contributed by atoms with van der Waals surface area (Å²) in [6.45, 7) is 5.58. The fourth-order valence-corrected chi connectivity index (χ4v) is 6.45. The van der Waals surface area contributed by atoms with Crippen LogP contribution in [-0.4, -0.2) is 64.5 Å². The van der Waals surface area contributed by atoms with Crippen LogP contribution in [0.1, 0.15) is 74.9 Å². The molecule has 0 saturated carbocycles. The Labute approximate surface area is 290 Å². The van der Waals surface area contributed by atoms with Crippen LogP contribution in [0.3, 0.4) is 0 Å². The van der Waals surface area contributed by atoms with Gasteiger partial charge in [-0.1, -0.05) is 6.92 Å².